The van der Waals surface area contributed by atoms with Crippen molar-refractivity contribution in [2.24, 2.45) is 0 Å². The van der Waals surface area contributed by atoms with Crippen molar-refractivity contribution < 1.29 is 14.3 Å². The summed E-state index contributed by atoms with van der Waals surface area (Å²) in [6, 6.07) is 0. The van der Waals surface area contributed by atoms with Gasteiger partial charge in [0.15, 0.2) is 0 Å². The molecule has 2 aromatic rings. The molecule has 0 aliphatic heterocycles. The second-order valence-corrected chi connectivity index (χ2v) is 7.34. The lowest BCUT2D eigenvalue weighted by atomic mass is 10.1. The fourth-order valence-corrected chi connectivity index (χ4v) is 4.07. The number of thioether (sulfide) groups is 1. The Labute approximate surface area is 155 Å². The molecule has 0 saturated carbocycles. The maximum Gasteiger partial charge on any atom is 0.341 e. The van der Waals surface area contributed by atoms with E-state index in [-0.39, 0.29) is 11.7 Å². The summed E-state index contributed by atoms with van der Waals surface area (Å²) in [7, 11) is 0. The summed E-state index contributed by atoms with van der Waals surface area (Å²) < 4.78 is 5.14. The van der Waals surface area contributed by atoms with Crippen molar-refractivity contribution >= 4 is 40.0 Å². The average Bonchev–Trinajstić information content (AvgIpc) is 3.16. The lowest BCUT2D eigenvalue weighted by Gasteiger charge is -2.07. The number of thiophene rings is 1. The van der Waals surface area contributed by atoms with E-state index >= 15 is 0 Å². The van der Waals surface area contributed by atoms with E-state index in [0.29, 0.717) is 28.7 Å². The van der Waals surface area contributed by atoms with Gasteiger partial charge in [-0.05, 0) is 25.8 Å². The standard InChI is InChI=1S/C16H22N4O3S2/c1-5-10-9(4)25-14(13(10)15(22)23-7-3)18-12(21)8-24-16-17-11(6-2)19-20-16/h5-8H2,1-4H3,(H,18,21)(H,17,19,20). The van der Waals surface area contributed by atoms with Crippen molar-refractivity contribution in [3.05, 3.63) is 21.8 Å². The third kappa shape index (κ3) is 4.82. The van der Waals surface area contributed by atoms with Crippen LogP contribution in [0.3, 0.4) is 0 Å². The number of carbonyl (C=O) groups excluding carboxylic acids is 2. The molecular weight excluding hydrogens is 360 g/mol. The zero-order chi connectivity index (χ0) is 18.4. The quantitative estimate of drug-likeness (QED) is 0.537. The number of amides is 1. The molecule has 0 spiro atoms. The number of aromatic nitrogens is 3. The van der Waals surface area contributed by atoms with Crippen LogP contribution in [0.15, 0.2) is 5.16 Å². The summed E-state index contributed by atoms with van der Waals surface area (Å²) in [6.07, 6.45) is 1.47. The lowest BCUT2D eigenvalue weighted by molar-refractivity contribution is -0.113. The Balaban J connectivity index is 2.07. The number of nitrogens with one attached hydrogen (secondary N) is 2. The molecule has 0 aromatic carbocycles. The predicted octanol–water partition coefficient (Wildman–Crippen LogP) is 3.21. The molecule has 0 saturated heterocycles. The van der Waals surface area contributed by atoms with Crippen molar-refractivity contribution in [1.29, 1.82) is 0 Å². The van der Waals surface area contributed by atoms with Crippen LogP contribution in [0.5, 0.6) is 0 Å². The first-order chi connectivity index (χ1) is 12.0. The van der Waals surface area contributed by atoms with E-state index in [1.807, 2.05) is 20.8 Å². The largest absolute Gasteiger partial charge is 0.462 e. The third-order valence-electron chi connectivity index (χ3n) is 3.47. The Morgan fingerprint density at radius 2 is 2.04 bits per heavy atom. The number of anilines is 1. The molecule has 7 nitrogen and oxygen atoms in total. The minimum atomic E-state index is -0.395. The van der Waals surface area contributed by atoms with Crippen LogP contribution in [-0.4, -0.2) is 39.4 Å². The lowest BCUT2D eigenvalue weighted by Crippen LogP contribution is -2.16. The van der Waals surface area contributed by atoms with Crippen LogP contribution in [0.25, 0.3) is 0 Å². The van der Waals surface area contributed by atoms with Crippen molar-refractivity contribution in [2.45, 2.75) is 45.7 Å². The smallest absolute Gasteiger partial charge is 0.341 e. The van der Waals surface area contributed by atoms with Gasteiger partial charge in [-0.25, -0.2) is 9.78 Å². The van der Waals surface area contributed by atoms with E-state index in [9.17, 15) is 9.59 Å². The van der Waals surface area contributed by atoms with Crippen molar-refractivity contribution in [1.82, 2.24) is 15.2 Å². The first-order valence-electron chi connectivity index (χ1n) is 8.13. The molecule has 136 valence electrons. The summed E-state index contributed by atoms with van der Waals surface area (Å²) in [6.45, 7) is 7.96. The first kappa shape index (κ1) is 19.5. The molecule has 0 atom stereocenters. The molecule has 0 fully saturated rings. The van der Waals surface area contributed by atoms with E-state index < -0.39 is 5.97 Å². The van der Waals surface area contributed by atoms with Crippen LogP contribution in [-0.2, 0) is 22.4 Å². The Morgan fingerprint density at radius 1 is 1.28 bits per heavy atom. The van der Waals surface area contributed by atoms with Gasteiger partial charge in [-0.3, -0.25) is 9.89 Å². The Morgan fingerprint density at radius 3 is 2.64 bits per heavy atom. The molecule has 0 unspecified atom stereocenters. The molecule has 2 rings (SSSR count). The van der Waals surface area contributed by atoms with Crippen LogP contribution in [0.1, 0.15) is 47.4 Å². The number of esters is 1. The van der Waals surface area contributed by atoms with Crippen LogP contribution in [0.4, 0.5) is 5.00 Å². The van der Waals surface area contributed by atoms with Gasteiger partial charge in [0.2, 0.25) is 11.1 Å². The molecular formula is C16H22N4O3S2. The van der Waals surface area contributed by atoms with Gasteiger partial charge in [0, 0.05) is 11.3 Å². The molecule has 2 heterocycles. The van der Waals surface area contributed by atoms with Gasteiger partial charge in [0.25, 0.3) is 0 Å². The van der Waals surface area contributed by atoms with Crippen LogP contribution in [0.2, 0.25) is 0 Å². The van der Waals surface area contributed by atoms with Crippen molar-refractivity contribution in [3.8, 4) is 0 Å². The SMILES string of the molecule is CCOC(=O)c1c(NC(=O)CSc2n[nH]c(CC)n2)sc(C)c1CC. The number of ether oxygens (including phenoxy) is 1. The van der Waals surface area contributed by atoms with Crippen LogP contribution >= 0.6 is 23.1 Å². The van der Waals surface area contributed by atoms with Gasteiger partial charge in [-0.15, -0.1) is 16.4 Å². The number of H-pyrrole nitrogens is 1. The summed E-state index contributed by atoms with van der Waals surface area (Å²) in [5.41, 5.74) is 1.39. The number of aromatic amines is 1. The highest BCUT2D eigenvalue weighted by atomic mass is 32.2. The maximum absolute atomic E-state index is 12.3. The molecule has 9 heteroatoms. The second kappa shape index (κ2) is 9.00. The van der Waals surface area contributed by atoms with Gasteiger partial charge in [0.05, 0.1) is 17.9 Å². The molecule has 25 heavy (non-hydrogen) atoms. The zero-order valence-electron chi connectivity index (χ0n) is 14.8. The number of rotatable bonds is 8. The molecule has 1 amide bonds. The van der Waals surface area contributed by atoms with Gasteiger partial charge in [-0.1, -0.05) is 25.6 Å². The molecule has 0 aliphatic carbocycles. The second-order valence-electron chi connectivity index (χ2n) is 5.17. The van der Waals surface area contributed by atoms with E-state index in [2.05, 4.69) is 20.5 Å². The van der Waals surface area contributed by atoms with Gasteiger partial charge < -0.3 is 10.1 Å². The minimum absolute atomic E-state index is 0.168. The van der Waals surface area contributed by atoms with Gasteiger partial charge >= 0.3 is 5.97 Å². The van der Waals surface area contributed by atoms with Crippen molar-refractivity contribution in [3.63, 3.8) is 0 Å². The molecule has 0 bridgehead atoms. The van der Waals surface area contributed by atoms with E-state index in [1.165, 1.54) is 23.1 Å². The zero-order valence-corrected chi connectivity index (χ0v) is 16.4. The van der Waals surface area contributed by atoms with Crippen LogP contribution in [0, 0.1) is 6.92 Å². The van der Waals surface area contributed by atoms with E-state index in [1.54, 1.807) is 6.92 Å². The first-order valence-corrected chi connectivity index (χ1v) is 9.93. The Kier molecular flexibility index (Phi) is 7.01. The number of carbonyl (C=O) groups is 2. The minimum Gasteiger partial charge on any atom is -0.462 e. The van der Waals surface area contributed by atoms with Gasteiger partial charge in [-0.2, -0.15) is 0 Å². The summed E-state index contributed by atoms with van der Waals surface area (Å²) in [5, 5.41) is 10.8. The van der Waals surface area contributed by atoms with E-state index in [0.717, 1.165) is 22.7 Å². The fourth-order valence-electron chi connectivity index (χ4n) is 2.30. The number of hydrogen-bond acceptors (Lipinski definition) is 7. The predicted molar refractivity (Wildman–Crippen MR) is 99.5 cm³/mol. The highest BCUT2D eigenvalue weighted by molar-refractivity contribution is 7.99. The highest BCUT2D eigenvalue weighted by Crippen LogP contribution is 2.34. The van der Waals surface area contributed by atoms with Crippen molar-refractivity contribution in [2.75, 3.05) is 17.7 Å². The molecule has 2 N–H and O–H groups in total. The average molecular weight is 383 g/mol. The summed E-state index contributed by atoms with van der Waals surface area (Å²) >= 11 is 2.65. The fraction of sp³-hybridized carbons (Fsp3) is 0.500. The summed E-state index contributed by atoms with van der Waals surface area (Å²) in [5.74, 6) is 0.353. The molecule has 0 radical (unpaired) electrons. The van der Waals surface area contributed by atoms with Crippen LogP contribution < -0.4 is 5.32 Å². The normalized spacial score (nSPS) is 10.7. The highest BCUT2D eigenvalue weighted by Gasteiger charge is 2.23. The molecule has 0 aliphatic rings. The van der Waals surface area contributed by atoms with Gasteiger partial charge in [0.1, 0.15) is 10.8 Å². The van der Waals surface area contributed by atoms with E-state index in [4.69, 9.17) is 4.74 Å². The topological polar surface area (TPSA) is 97.0 Å². The molecule has 2 aromatic heterocycles. The third-order valence-corrected chi connectivity index (χ3v) is 5.38. The summed E-state index contributed by atoms with van der Waals surface area (Å²) in [4.78, 5) is 29.8. The Bertz CT molecular complexity index is 755. The number of aryl methyl sites for hydroxylation is 2. The number of hydrogen-bond donors (Lipinski definition) is 2. The number of nitrogens with zero attached hydrogens (tertiary/aromatic N) is 2. The monoisotopic (exact) mass is 382 g/mol. The maximum atomic E-state index is 12.3. The Hall–Kier alpha value is -1.87.